The molecule has 0 aliphatic carbocycles. The number of allylic oxidation sites excluding steroid dienone is 1. The normalized spacial score (nSPS) is 10.9. The Hall–Kier alpha value is -2.73. The second-order valence-electron chi connectivity index (χ2n) is 5.03. The van der Waals surface area contributed by atoms with E-state index in [0.717, 1.165) is 29.0 Å². The molecule has 112 valence electrons. The van der Waals surface area contributed by atoms with Crippen LogP contribution in [-0.4, -0.2) is 6.61 Å². The first kappa shape index (κ1) is 15.7. The van der Waals surface area contributed by atoms with Crippen LogP contribution in [0.2, 0.25) is 0 Å². The third kappa shape index (κ3) is 4.39. The van der Waals surface area contributed by atoms with Gasteiger partial charge in [0.25, 0.3) is 0 Å². The summed E-state index contributed by atoms with van der Waals surface area (Å²) in [7, 11) is 0. The number of nitrogens with one attached hydrogen (secondary N) is 1. The maximum atomic E-state index is 9.30. The van der Waals surface area contributed by atoms with Crippen molar-refractivity contribution < 1.29 is 4.74 Å². The SMILES string of the molecule is CCCOc1ccc(C=C(C#N)Nc2ccccc2C)cc1. The smallest absolute Gasteiger partial charge is 0.119 e. The molecule has 2 aromatic rings. The molecule has 0 atom stereocenters. The van der Waals surface area contributed by atoms with Crippen molar-refractivity contribution in [1.29, 1.82) is 5.26 Å². The average molecular weight is 292 g/mol. The van der Waals surface area contributed by atoms with Gasteiger partial charge in [-0.2, -0.15) is 5.26 Å². The van der Waals surface area contributed by atoms with Gasteiger partial charge in [0.2, 0.25) is 0 Å². The van der Waals surface area contributed by atoms with Crippen molar-refractivity contribution in [2.75, 3.05) is 11.9 Å². The zero-order valence-corrected chi connectivity index (χ0v) is 13.0. The number of hydrogen-bond acceptors (Lipinski definition) is 3. The molecule has 0 saturated heterocycles. The lowest BCUT2D eigenvalue weighted by Crippen LogP contribution is -1.99. The molecule has 0 heterocycles. The molecule has 3 heteroatoms. The summed E-state index contributed by atoms with van der Waals surface area (Å²) in [5, 5.41) is 12.5. The minimum atomic E-state index is 0.511. The van der Waals surface area contributed by atoms with E-state index < -0.39 is 0 Å². The van der Waals surface area contributed by atoms with Crippen LogP contribution in [0.25, 0.3) is 6.08 Å². The van der Waals surface area contributed by atoms with Gasteiger partial charge in [-0.3, -0.25) is 0 Å². The molecule has 0 bridgehead atoms. The number of aryl methyl sites for hydroxylation is 1. The second-order valence-corrected chi connectivity index (χ2v) is 5.03. The largest absolute Gasteiger partial charge is 0.494 e. The van der Waals surface area contributed by atoms with Gasteiger partial charge < -0.3 is 10.1 Å². The Labute approximate surface area is 131 Å². The van der Waals surface area contributed by atoms with Gasteiger partial charge in [-0.1, -0.05) is 37.3 Å². The summed E-state index contributed by atoms with van der Waals surface area (Å²) in [6.07, 6.45) is 2.82. The number of hydrogen-bond donors (Lipinski definition) is 1. The van der Waals surface area contributed by atoms with Crippen molar-refractivity contribution in [1.82, 2.24) is 0 Å². The topological polar surface area (TPSA) is 45.0 Å². The molecule has 3 nitrogen and oxygen atoms in total. The monoisotopic (exact) mass is 292 g/mol. The van der Waals surface area contributed by atoms with Crippen LogP contribution >= 0.6 is 0 Å². The van der Waals surface area contributed by atoms with Gasteiger partial charge in [-0.15, -0.1) is 0 Å². The molecule has 0 fully saturated rings. The van der Waals surface area contributed by atoms with Crippen LogP contribution in [0.1, 0.15) is 24.5 Å². The molecule has 0 radical (unpaired) electrons. The lowest BCUT2D eigenvalue weighted by Gasteiger charge is -2.08. The van der Waals surface area contributed by atoms with Gasteiger partial charge in [0.15, 0.2) is 0 Å². The molecule has 22 heavy (non-hydrogen) atoms. The molecule has 1 N–H and O–H groups in total. The maximum absolute atomic E-state index is 9.30. The fourth-order valence-corrected chi connectivity index (χ4v) is 2.00. The summed E-state index contributed by atoms with van der Waals surface area (Å²) in [4.78, 5) is 0. The summed E-state index contributed by atoms with van der Waals surface area (Å²) in [5.74, 6) is 0.851. The Morgan fingerprint density at radius 1 is 1.18 bits per heavy atom. The first-order valence-corrected chi connectivity index (χ1v) is 7.40. The van der Waals surface area contributed by atoms with Crippen molar-refractivity contribution >= 4 is 11.8 Å². The molecular weight excluding hydrogens is 272 g/mol. The van der Waals surface area contributed by atoms with E-state index in [9.17, 15) is 5.26 Å². The molecule has 2 rings (SSSR count). The molecule has 0 aliphatic heterocycles. The van der Waals surface area contributed by atoms with Crippen molar-refractivity contribution in [3.63, 3.8) is 0 Å². The van der Waals surface area contributed by atoms with E-state index >= 15 is 0 Å². The number of nitriles is 1. The van der Waals surface area contributed by atoms with E-state index in [0.29, 0.717) is 12.3 Å². The Morgan fingerprint density at radius 3 is 2.55 bits per heavy atom. The molecular formula is C19H20N2O. The fourth-order valence-electron chi connectivity index (χ4n) is 2.00. The number of nitrogens with zero attached hydrogens (tertiary/aromatic N) is 1. The number of rotatable bonds is 6. The van der Waals surface area contributed by atoms with Gasteiger partial charge in [0, 0.05) is 5.69 Å². The highest BCUT2D eigenvalue weighted by molar-refractivity contribution is 5.66. The Bertz CT molecular complexity index is 681. The zero-order valence-electron chi connectivity index (χ0n) is 13.0. The van der Waals surface area contributed by atoms with Crippen LogP contribution in [0.5, 0.6) is 5.75 Å². The summed E-state index contributed by atoms with van der Waals surface area (Å²) >= 11 is 0. The van der Waals surface area contributed by atoms with Crippen LogP contribution in [-0.2, 0) is 0 Å². The molecule has 0 amide bonds. The molecule has 0 unspecified atom stereocenters. The standard InChI is InChI=1S/C19H20N2O/c1-3-12-22-18-10-8-16(9-11-18)13-17(14-20)21-19-7-5-4-6-15(19)2/h4-11,13,21H,3,12H2,1-2H3. The van der Waals surface area contributed by atoms with E-state index in [1.54, 1.807) is 0 Å². The van der Waals surface area contributed by atoms with Crippen LogP contribution in [0.4, 0.5) is 5.69 Å². The van der Waals surface area contributed by atoms with Crippen molar-refractivity contribution in [3.8, 4) is 11.8 Å². The predicted molar refractivity (Wildman–Crippen MR) is 90.6 cm³/mol. The molecule has 0 aromatic heterocycles. The number of benzene rings is 2. The van der Waals surface area contributed by atoms with Gasteiger partial charge >= 0.3 is 0 Å². The average Bonchev–Trinajstić information content (AvgIpc) is 2.55. The summed E-state index contributed by atoms with van der Waals surface area (Å²) in [6, 6.07) is 17.8. The van der Waals surface area contributed by atoms with Crippen molar-refractivity contribution in [2.24, 2.45) is 0 Å². The number of anilines is 1. The first-order valence-electron chi connectivity index (χ1n) is 7.40. The van der Waals surface area contributed by atoms with Gasteiger partial charge in [-0.25, -0.2) is 0 Å². The third-order valence-corrected chi connectivity index (χ3v) is 3.20. The zero-order chi connectivity index (χ0) is 15.8. The molecule has 0 saturated carbocycles. The van der Waals surface area contributed by atoms with Gasteiger partial charge in [0.05, 0.1) is 6.61 Å². The summed E-state index contributed by atoms with van der Waals surface area (Å²) in [5.41, 5.74) is 3.52. The second kappa shape index (κ2) is 7.90. The highest BCUT2D eigenvalue weighted by Gasteiger charge is 2.01. The van der Waals surface area contributed by atoms with E-state index in [4.69, 9.17) is 4.74 Å². The highest BCUT2D eigenvalue weighted by Crippen LogP contribution is 2.18. The van der Waals surface area contributed by atoms with Crippen molar-refractivity contribution in [2.45, 2.75) is 20.3 Å². The van der Waals surface area contributed by atoms with Gasteiger partial charge in [0.1, 0.15) is 17.5 Å². The predicted octanol–water partition coefficient (Wildman–Crippen LogP) is 4.76. The number of para-hydroxylation sites is 1. The summed E-state index contributed by atoms with van der Waals surface area (Å²) < 4.78 is 5.55. The quantitative estimate of drug-likeness (QED) is 0.781. The van der Waals surface area contributed by atoms with Crippen LogP contribution in [0.15, 0.2) is 54.2 Å². The minimum absolute atomic E-state index is 0.511. The highest BCUT2D eigenvalue weighted by atomic mass is 16.5. The molecule has 2 aromatic carbocycles. The lowest BCUT2D eigenvalue weighted by molar-refractivity contribution is 0.317. The Balaban J connectivity index is 2.12. The van der Waals surface area contributed by atoms with E-state index in [2.05, 4.69) is 18.3 Å². The van der Waals surface area contributed by atoms with E-state index in [1.807, 2.05) is 61.5 Å². The lowest BCUT2D eigenvalue weighted by atomic mass is 10.1. The van der Waals surface area contributed by atoms with E-state index in [-0.39, 0.29) is 0 Å². The Kier molecular flexibility index (Phi) is 5.62. The fraction of sp³-hybridized carbons (Fsp3) is 0.211. The minimum Gasteiger partial charge on any atom is -0.494 e. The molecule has 0 aliphatic rings. The Morgan fingerprint density at radius 2 is 1.91 bits per heavy atom. The third-order valence-electron chi connectivity index (χ3n) is 3.20. The first-order chi connectivity index (χ1) is 10.7. The van der Waals surface area contributed by atoms with Crippen LogP contribution < -0.4 is 10.1 Å². The number of ether oxygens (including phenoxy) is 1. The molecule has 0 spiro atoms. The van der Waals surface area contributed by atoms with E-state index in [1.165, 1.54) is 0 Å². The summed E-state index contributed by atoms with van der Waals surface area (Å²) in [6.45, 7) is 4.80. The van der Waals surface area contributed by atoms with Crippen molar-refractivity contribution in [3.05, 3.63) is 65.4 Å². The van der Waals surface area contributed by atoms with Gasteiger partial charge in [-0.05, 0) is 48.7 Å². The van der Waals surface area contributed by atoms with Crippen LogP contribution in [0, 0.1) is 18.3 Å². The van der Waals surface area contributed by atoms with Crippen LogP contribution in [0.3, 0.4) is 0 Å². The maximum Gasteiger partial charge on any atom is 0.119 e.